The van der Waals surface area contributed by atoms with Gasteiger partial charge in [-0.25, -0.2) is 0 Å². The Bertz CT molecular complexity index is 298. The van der Waals surface area contributed by atoms with Crippen LogP contribution in [0.5, 0.6) is 0 Å². The van der Waals surface area contributed by atoms with Gasteiger partial charge >= 0.3 is 5.97 Å². The molecule has 0 bridgehead atoms. The van der Waals surface area contributed by atoms with E-state index in [9.17, 15) is 9.90 Å². The van der Waals surface area contributed by atoms with E-state index in [-0.39, 0.29) is 0 Å². The Hall–Kier alpha value is -0.610. The average molecular weight is 254 g/mol. The Morgan fingerprint density at radius 3 is 2.17 bits per heavy atom. The van der Waals surface area contributed by atoms with Gasteiger partial charge in [0.15, 0.2) is 0 Å². The first-order valence-electron chi connectivity index (χ1n) is 7.29. The molecule has 0 amide bonds. The van der Waals surface area contributed by atoms with Gasteiger partial charge in [-0.15, -0.1) is 0 Å². The zero-order valence-electron chi connectivity index (χ0n) is 11.7. The Kier molecular flexibility index (Phi) is 4.28. The number of rotatable bonds is 3. The van der Waals surface area contributed by atoms with Crippen molar-refractivity contribution in [1.29, 1.82) is 0 Å². The van der Waals surface area contributed by atoms with E-state index in [2.05, 4.69) is 23.6 Å². The van der Waals surface area contributed by atoms with E-state index >= 15 is 0 Å². The van der Waals surface area contributed by atoms with Crippen molar-refractivity contribution >= 4 is 5.97 Å². The molecule has 1 unspecified atom stereocenters. The first-order chi connectivity index (χ1) is 8.56. The van der Waals surface area contributed by atoms with E-state index in [0.717, 1.165) is 38.9 Å². The lowest BCUT2D eigenvalue weighted by Gasteiger charge is -2.37. The predicted molar refractivity (Wildman–Crippen MR) is 71.7 cm³/mol. The van der Waals surface area contributed by atoms with Gasteiger partial charge in [0, 0.05) is 19.1 Å². The molecule has 0 radical (unpaired) electrons. The number of hydrogen-bond donors (Lipinski definition) is 1. The lowest BCUT2D eigenvalue weighted by Crippen LogP contribution is -2.57. The van der Waals surface area contributed by atoms with Crippen LogP contribution in [0.3, 0.4) is 0 Å². The summed E-state index contributed by atoms with van der Waals surface area (Å²) < 4.78 is 0. The number of nitrogens with zero attached hydrogens (tertiary/aromatic N) is 2. The van der Waals surface area contributed by atoms with Crippen LogP contribution in [0.25, 0.3) is 0 Å². The van der Waals surface area contributed by atoms with E-state index in [1.165, 1.54) is 12.8 Å². The summed E-state index contributed by atoms with van der Waals surface area (Å²) in [4.78, 5) is 16.4. The Labute approximate surface area is 110 Å². The average Bonchev–Trinajstić information content (AvgIpc) is 2.61. The van der Waals surface area contributed by atoms with Crippen LogP contribution in [0.2, 0.25) is 0 Å². The summed E-state index contributed by atoms with van der Waals surface area (Å²) >= 11 is 0. The third kappa shape index (κ3) is 2.54. The van der Waals surface area contributed by atoms with Crippen molar-refractivity contribution in [2.24, 2.45) is 0 Å². The number of carboxylic acid groups (broad SMARTS) is 1. The Balaban J connectivity index is 2.14. The Morgan fingerprint density at radius 2 is 1.72 bits per heavy atom. The largest absolute Gasteiger partial charge is 0.480 e. The summed E-state index contributed by atoms with van der Waals surface area (Å²) in [6.45, 7) is 7.83. The van der Waals surface area contributed by atoms with E-state index < -0.39 is 11.5 Å². The highest BCUT2D eigenvalue weighted by molar-refractivity contribution is 5.79. The third-order valence-corrected chi connectivity index (χ3v) is 4.62. The second-order valence-corrected chi connectivity index (χ2v) is 6.05. The molecule has 0 saturated carbocycles. The molecule has 2 aliphatic heterocycles. The van der Waals surface area contributed by atoms with Gasteiger partial charge in [-0.3, -0.25) is 14.6 Å². The minimum Gasteiger partial charge on any atom is -0.480 e. The Morgan fingerprint density at radius 1 is 1.11 bits per heavy atom. The lowest BCUT2D eigenvalue weighted by atomic mass is 9.95. The summed E-state index contributed by atoms with van der Waals surface area (Å²) in [5.41, 5.74) is -0.616. The molecular weight excluding hydrogens is 228 g/mol. The molecule has 1 N–H and O–H groups in total. The van der Waals surface area contributed by atoms with Gasteiger partial charge in [0.2, 0.25) is 0 Å². The van der Waals surface area contributed by atoms with Crippen molar-refractivity contribution < 1.29 is 9.90 Å². The quantitative estimate of drug-likeness (QED) is 0.834. The van der Waals surface area contributed by atoms with Crippen LogP contribution in [0, 0.1) is 0 Å². The van der Waals surface area contributed by atoms with Crippen molar-refractivity contribution in [3.05, 3.63) is 0 Å². The highest BCUT2D eigenvalue weighted by Crippen LogP contribution is 2.31. The third-order valence-electron chi connectivity index (χ3n) is 4.62. The molecule has 2 fully saturated rings. The zero-order valence-corrected chi connectivity index (χ0v) is 11.7. The van der Waals surface area contributed by atoms with Crippen molar-refractivity contribution in [2.75, 3.05) is 26.2 Å². The molecule has 18 heavy (non-hydrogen) atoms. The molecule has 0 aromatic heterocycles. The van der Waals surface area contributed by atoms with Gasteiger partial charge in [-0.05, 0) is 46.2 Å². The first-order valence-corrected chi connectivity index (χ1v) is 7.29. The number of aliphatic carboxylic acids is 1. The minimum atomic E-state index is -0.618. The molecule has 2 rings (SSSR count). The van der Waals surface area contributed by atoms with Crippen molar-refractivity contribution in [1.82, 2.24) is 9.80 Å². The van der Waals surface area contributed by atoms with Gasteiger partial charge in [0.05, 0.1) is 0 Å². The van der Waals surface area contributed by atoms with Gasteiger partial charge in [-0.2, -0.15) is 0 Å². The molecule has 0 aliphatic carbocycles. The fraction of sp³-hybridized carbons (Fsp3) is 0.929. The summed E-state index contributed by atoms with van der Waals surface area (Å²) in [6, 6.07) is 0.443. The van der Waals surface area contributed by atoms with Crippen molar-refractivity contribution in [3.63, 3.8) is 0 Å². The van der Waals surface area contributed by atoms with E-state index in [1.807, 2.05) is 0 Å². The van der Waals surface area contributed by atoms with E-state index in [4.69, 9.17) is 0 Å². The normalized spacial score (nSPS) is 31.7. The van der Waals surface area contributed by atoms with Crippen molar-refractivity contribution in [3.8, 4) is 0 Å². The molecule has 104 valence electrons. The summed E-state index contributed by atoms with van der Waals surface area (Å²) in [5.74, 6) is -0.618. The van der Waals surface area contributed by atoms with Gasteiger partial charge in [0.1, 0.15) is 5.54 Å². The second-order valence-electron chi connectivity index (χ2n) is 6.05. The van der Waals surface area contributed by atoms with Crippen LogP contribution in [0.1, 0.15) is 46.0 Å². The summed E-state index contributed by atoms with van der Waals surface area (Å²) in [6.07, 6.45) is 5.58. The van der Waals surface area contributed by atoms with Crippen LogP contribution in [0.4, 0.5) is 0 Å². The van der Waals surface area contributed by atoms with Gasteiger partial charge in [-0.1, -0.05) is 12.8 Å². The van der Waals surface area contributed by atoms with Crippen LogP contribution in [0.15, 0.2) is 0 Å². The molecule has 1 atom stereocenters. The lowest BCUT2D eigenvalue weighted by molar-refractivity contribution is -0.151. The fourth-order valence-corrected chi connectivity index (χ4v) is 3.33. The molecular formula is C14H26N2O2. The molecule has 2 heterocycles. The molecule has 4 nitrogen and oxygen atoms in total. The molecule has 2 aliphatic rings. The van der Waals surface area contributed by atoms with Gasteiger partial charge < -0.3 is 5.11 Å². The van der Waals surface area contributed by atoms with Crippen LogP contribution < -0.4 is 0 Å². The number of carbonyl (C=O) groups is 1. The number of hydrogen-bond acceptors (Lipinski definition) is 3. The molecule has 2 saturated heterocycles. The van der Waals surface area contributed by atoms with Crippen LogP contribution in [-0.4, -0.2) is 58.6 Å². The first kappa shape index (κ1) is 13.8. The maximum atomic E-state index is 11.8. The second kappa shape index (κ2) is 5.57. The maximum absolute atomic E-state index is 11.8. The monoisotopic (exact) mass is 254 g/mol. The fourth-order valence-electron chi connectivity index (χ4n) is 3.33. The molecule has 0 spiro atoms. The number of carboxylic acids is 1. The SMILES string of the molecule is CC(C)N1CCC(C(=O)O)(N2CCCCCC2)C1. The molecule has 0 aromatic carbocycles. The van der Waals surface area contributed by atoms with Crippen molar-refractivity contribution in [2.45, 2.75) is 57.5 Å². The molecule has 0 aromatic rings. The predicted octanol–water partition coefficient (Wildman–Crippen LogP) is 1.80. The van der Waals surface area contributed by atoms with E-state index in [1.54, 1.807) is 0 Å². The van der Waals surface area contributed by atoms with E-state index in [0.29, 0.717) is 12.6 Å². The standard InChI is InChI=1S/C14H26N2O2/c1-12(2)15-10-7-14(11-15,13(17)18)16-8-5-3-4-6-9-16/h12H,3-11H2,1-2H3,(H,17,18). The highest BCUT2D eigenvalue weighted by atomic mass is 16.4. The summed E-state index contributed by atoms with van der Waals surface area (Å²) in [7, 11) is 0. The topological polar surface area (TPSA) is 43.8 Å². The van der Waals surface area contributed by atoms with Gasteiger partial charge in [0.25, 0.3) is 0 Å². The zero-order chi connectivity index (χ0) is 13.2. The minimum absolute atomic E-state index is 0.443. The maximum Gasteiger partial charge on any atom is 0.325 e. The van der Waals surface area contributed by atoms with Crippen LogP contribution in [-0.2, 0) is 4.79 Å². The smallest absolute Gasteiger partial charge is 0.325 e. The molecule has 4 heteroatoms. The number of likely N-dealkylation sites (tertiary alicyclic amines) is 2. The van der Waals surface area contributed by atoms with Crippen LogP contribution >= 0.6 is 0 Å². The highest BCUT2D eigenvalue weighted by Gasteiger charge is 2.49. The summed E-state index contributed by atoms with van der Waals surface area (Å²) in [5, 5.41) is 9.74.